The van der Waals surface area contributed by atoms with Crippen molar-refractivity contribution in [2.75, 3.05) is 7.11 Å². The molecule has 0 atom stereocenters. The zero-order valence-corrected chi connectivity index (χ0v) is 16.3. The quantitative estimate of drug-likeness (QED) is 0.281. The van der Waals surface area contributed by atoms with Gasteiger partial charge < -0.3 is 9.15 Å². The summed E-state index contributed by atoms with van der Waals surface area (Å²) in [5.41, 5.74) is -1.18. The van der Waals surface area contributed by atoms with E-state index in [2.05, 4.69) is 15.3 Å². The van der Waals surface area contributed by atoms with E-state index in [4.69, 9.17) is 9.15 Å². The van der Waals surface area contributed by atoms with Crippen LogP contribution >= 0.6 is 0 Å². The highest BCUT2D eigenvalue weighted by molar-refractivity contribution is 5.80. The molecule has 0 aliphatic heterocycles. The van der Waals surface area contributed by atoms with Gasteiger partial charge in [0.1, 0.15) is 11.1 Å². The summed E-state index contributed by atoms with van der Waals surface area (Å²) in [4.78, 5) is 0. The van der Waals surface area contributed by atoms with Gasteiger partial charge in [0.2, 0.25) is 5.88 Å². The summed E-state index contributed by atoms with van der Waals surface area (Å²) in [6, 6.07) is 12.4. The molecule has 5 rings (SSSR count). The number of rotatable bonds is 4. The Labute approximate surface area is 177 Å². The van der Waals surface area contributed by atoms with Crippen molar-refractivity contribution < 1.29 is 26.7 Å². The van der Waals surface area contributed by atoms with Crippen molar-refractivity contribution in [1.82, 2.24) is 19.8 Å². The molecule has 0 aliphatic carbocycles. The Morgan fingerprint density at radius 3 is 2.00 bits per heavy atom. The minimum absolute atomic E-state index is 0.0193. The normalized spacial score (nSPS) is 11.3. The van der Waals surface area contributed by atoms with E-state index < -0.39 is 40.3 Å². The van der Waals surface area contributed by atoms with E-state index in [-0.39, 0.29) is 22.9 Å². The number of benzene rings is 2. The van der Waals surface area contributed by atoms with Crippen LogP contribution in [-0.4, -0.2) is 26.9 Å². The summed E-state index contributed by atoms with van der Waals surface area (Å²) in [5, 5.41) is 11.6. The summed E-state index contributed by atoms with van der Waals surface area (Å²) >= 11 is 0. The van der Waals surface area contributed by atoms with E-state index in [9.17, 15) is 17.6 Å². The number of hydrogen-bond acceptors (Lipinski definition) is 5. The Kier molecular flexibility index (Phi) is 4.62. The van der Waals surface area contributed by atoms with Crippen LogP contribution in [0.1, 0.15) is 0 Å². The van der Waals surface area contributed by atoms with Crippen molar-refractivity contribution >= 4 is 5.52 Å². The van der Waals surface area contributed by atoms with Crippen LogP contribution in [0.5, 0.6) is 5.88 Å². The predicted octanol–water partition coefficient (Wildman–Crippen LogP) is 5.28. The van der Waals surface area contributed by atoms with Crippen molar-refractivity contribution in [3.8, 4) is 39.9 Å². The summed E-state index contributed by atoms with van der Waals surface area (Å²) in [6.07, 6.45) is 1.64. The molecule has 160 valence electrons. The van der Waals surface area contributed by atoms with Crippen LogP contribution in [0.4, 0.5) is 17.6 Å². The maximum Gasteiger partial charge on any atom is 0.255 e. The first-order valence-electron chi connectivity index (χ1n) is 9.28. The monoisotopic (exact) mass is 440 g/mol. The minimum Gasteiger partial charge on any atom is -0.479 e. The number of fused-ring (bicyclic) bond motifs is 1. The van der Waals surface area contributed by atoms with Crippen LogP contribution in [0.3, 0.4) is 0 Å². The molecule has 0 bridgehead atoms. The van der Waals surface area contributed by atoms with Crippen molar-refractivity contribution in [2.24, 2.45) is 0 Å². The second kappa shape index (κ2) is 7.49. The fourth-order valence-corrected chi connectivity index (χ4v) is 3.42. The number of pyridine rings is 1. The van der Waals surface area contributed by atoms with Crippen LogP contribution in [0, 0.1) is 23.3 Å². The zero-order valence-electron chi connectivity index (χ0n) is 16.3. The third-order valence-electron chi connectivity index (χ3n) is 4.88. The molecule has 10 heteroatoms. The van der Waals surface area contributed by atoms with Gasteiger partial charge >= 0.3 is 0 Å². The summed E-state index contributed by atoms with van der Waals surface area (Å²) in [6.45, 7) is 0. The van der Waals surface area contributed by atoms with Crippen LogP contribution in [0.15, 0.2) is 59.1 Å². The van der Waals surface area contributed by atoms with E-state index in [1.807, 2.05) is 0 Å². The average molecular weight is 440 g/mol. The van der Waals surface area contributed by atoms with Gasteiger partial charge in [0.15, 0.2) is 23.3 Å². The molecule has 0 fully saturated rings. The van der Waals surface area contributed by atoms with Crippen molar-refractivity contribution in [3.63, 3.8) is 0 Å². The molecule has 0 saturated heterocycles. The minimum atomic E-state index is -1.65. The standard InChI is InChI=1S/C22H12F4N4O2/c1-31-22-14(12-9-5-6-10-30(12)29-22)20-27-28-21(32-20)15-18(25)16(23)13(17(24)19(15)26)11-7-3-2-4-8-11/h2-10H,1H3. The molecule has 2 aromatic carbocycles. The van der Waals surface area contributed by atoms with Gasteiger partial charge in [-0.05, 0) is 17.7 Å². The molecule has 0 saturated carbocycles. The lowest BCUT2D eigenvalue weighted by Crippen LogP contribution is -2.03. The number of methoxy groups -OCH3 is 1. The number of hydrogen-bond donors (Lipinski definition) is 0. The van der Waals surface area contributed by atoms with Gasteiger partial charge in [-0.15, -0.1) is 15.3 Å². The molecule has 0 amide bonds. The SMILES string of the molecule is COc1nn2ccccc2c1-c1nnc(-c2c(F)c(F)c(-c3ccccc3)c(F)c2F)o1. The number of ether oxygens (including phenoxy) is 1. The van der Waals surface area contributed by atoms with E-state index >= 15 is 0 Å². The molecule has 6 nitrogen and oxygen atoms in total. The van der Waals surface area contributed by atoms with Gasteiger partial charge in [-0.25, -0.2) is 22.1 Å². The van der Waals surface area contributed by atoms with Gasteiger partial charge in [-0.2, -0.15) is 0 Å². The lowest BCUT2D eigenvalue weighted by atomic mass is 10.0. The van der Waals surface area contributed by atoms with Crippen molar-refractivity contribution in [3.05, 3.63) is 78.0 Å². The van der Waals surface area contributed by atoms with Gasteiger partial charge in [0.25, 0.3) is 11.8 Å². The van der Waals surface area contributed by atoms with E-state index in [1.165, 1.54) is 35.9 Å². The Hall–Kier alpha value is -4.21. The van der Waals surface area contributed by atoms with E-state index in [0.29, 0.717) is 5.52 Å². The highest BCUT2D eigenvalue weighted by atomic mass is 19.2. The molecule has 0 spiro atoms. The Morgan fingerprint density at radius 2 is 1.34 bits per heavy atom. The molecule has 0 N–H and O–H groups in total. The van der Waals surface area contributed by atoms with Gasteiger partial charge in [0.05, 0.1) is 18.2 Å². The number of nitrogens with zero attached hydrogens (tertiary/aromatic N) is 4. The lowest BCUT2D eigenvalue weighted by Gasteiger charge is -2.10. The van der Waals surface area contributed by atoms with Crippen LogP contribution < -0.4 is 4.74 Å². The third kappa shape index (κ3) is 2.91. The highest BCUT2D eigenvalue weighted by Crippen LogP contribution is 2.38. The van der Waals surface area contributed by atoms with Crippen LogP contribution in [0.25, 0.3) is 39.6 Å². The van der Waals surface area contributed by atoms with E-state index in [0.717, 1.165) is 0 Å². The van der Waals surface area contributed by atoms with Crippen LogP contribution in [0.2, 0.25) is 0 Å². The molecule has 0 radical (unpaired) electrons. The van der Waals surface area contributed by atoms with Gasteiger partial charge in [-0.3, -0.25) is 0 Å². The first kappa shape index (κ1) is 19.7. The van der Waals surface area contributed by atoms with Gasteiger partial charge in [-0.1, -0.05) is 36.4 Å². The fraction of sp³-hybridized carbons (Fsp3) is 0.0455. The highest BCUT2D eigenvalue weighted by Gasteiger charge is 2.31. The smallest absolute Gasteiger partial charge is 0.255 e. The number of aromatic nitrogens is 4. The molecule has 3 aromatic heterocycles. The molecule has 0 unspecified atom stereocenters. The summed E-state index contributed by atoms with van der Waals surface area (Å²) < 4.78 is 71.4. The van der Waals surface area contributed by atoms with E-state index in [1.54, 1.807) is 30.5 Å². The summed E-state index contributed by atoms with van der Waals surface area (Å²) in [5.74, 6) is -7.25. The summed E-state index contributed by atoms with van der Waals surface area (Å²) in [7, 11) is 1.37. The molecule has 5 aromatic rings. The van der Waals surface area contributed by atoms with Gasteiger partial charge in [0, 0.05) is 6.20 Å². The first-order chi connectivity index (χ1) is 15.5. The van der Waals surface area contributed by atoms with Crippen molar-refractivity contribution in [1.29, 1.82) is 0 Å². The third-order valence-corrected chi connectivity index (χ3v) is 4.88. The van der Waals surface area contributed by atoms with Crippen molar-refractivity contribution in [2.45, 2.75) is 0 Å². The molecule has 3 heterocycles. The predicted molar refractivity (Wildman–Crippen MR) is 106 cm³/mol. The maximum absolute atomic E-state index is 14.9. The molecule has 0 aliphatic rings. The van der Waals surface area contributed by atoms with Crippen LogP contribution in [-0.2, 0) is 0 Å². The Morgan fingerprint density at radius 1 is 0.750 bits per heavy atom. The first-order valence-corrected chi connectivity index (χ1v) is 9.28. The lowest BCUT2D eigenvalue weighted by molar-refractivity contribution is 0.395. The largest absolute Gasteiger partial charge is 0.479 e. The number of halogens is 4. The topological polar surface area (TPSA) is 65.5 Å². The fourth-order valence-electron chi connectivity index (χ4n) is 3.42. The second-order valence-corrected chi connectivity index (χ2v) is 6.70. The zero-order chi connectivity index (χ0) is 22.4. The molecular weight excluding hydrogens is 428 g/mol. The maximum atomic E-state index is 14.9. The Bertz CT molecular complexity index is 1440. The molecular formula is C22H12F4N4O2. The molecule has 32 heavy (non-hydrogen) atoms. The second-order valence-electron chi connectivity index (χ2n) is 6.70. The average Bonchev–Trinajstić information content (AvgIpc) is 3.43. The Balaban J connectivity index is 1.68.